The Bertz CT molecular complexity index is 778. The molecule has 120 valence electrons. The Balaban J connectivity index is 1.96. The third-order valence-electron chi connectivity index (χ3n) is 2.67. The number of amides is 2. The minimum Gasteiger partial charge on any atom is -0.452 e. The number of thiophene rings is 1. The summed E-state index contributed by atoms with van der Waals surface area (Å²) in [6.45, 7) is -0.624. The lowest BCUT2D eigenvalue weighted by Gasteiger charge is -2.07. The number of nitrogens with one attached hydrogen (secondary N) is 1. The van der Waals surface area contributed by atoms with Gasteiger partial charge in [0.15, 0.2) is 6.61 Å². The highest BCUT2D eigenvalue weighted by molar-refractivity contribution is 9.10. The van der Waals surface area contributed by atoms with Gasteiger partial charge in [0.2, 0.25) is 0 Å². The van der Waals surface area contributed by atoms with Crippen LogP contribution in [0.5, 0.6) is 0 Å². The first-order valence-corrected chi connectivity index (χ1v) is 7.85. The molecule has 1 heterocycles. The zero-order chi connectivity index (χ0) is 17.0. The van der Waals surface area contributed by atoms with E-state index in [1.165, 1.54) is 18.2 Å². The monoisotopic (exact) mass is 400 g/mol. The molecular weight excluding hydrogens is 391 g/mol. The molecule has 0 saturated carbocycles. The van der Waals surface area contributed by atoms with E-state index >= 15 is 0 Å². The normalized spacial score (nSPS) is 10.2. The van der Waals surface area contributed by atoms with Gasteiger partial charge in [-0.05, 0) is 29.6 Å². The smallest absolute Gasteiger partial charge is 0.341 e. The van der Waals surface area contributed by atoms with Gasteiger partial charge in [0.1, 0.15) is 10.8 Å². The van der Waals surface area contributed by atoms with Gasteiger partial charge in [0, 0.05) is 4.47 Å². The Morgan fingerprint density at radius 2 is 2.00 bits per heavy atom. The number of carbonyl (C=O) groups excluding carboxylic acids is 3. The second-order valence-electron chi connectivity index (χ2n) is 4.28. The van der Waals surface area contributed by atoms with Gasteiger partial charge in [-0.2, -0.15) is 0 Å². The van der Waals surface area contributed by atoms with Crippen molar-refractivity contribution < 1.29 is 23.5 Å². The van der Waals surface area contributed by atoms with Crippen molar-refractivity contribution in [3.63, 3.8) is 0 Å². The Labute approximate surface area is 142 Å². The van der Waals surface area contributed by atoms with E-state index < -0.39 is 30.2 Å². The maximum atomic E-state index is 13.5. The van der Waals surface area contributed by atoms with Gasteiger partial charge in [-0.15, -0.1) is 11.3 Å². The molecule has 0 unspecified atom stereocenters. The average molecular weight is 401 g/mol. The van der Waals surface area contributed by atoms with Crippen molar-refractivity contribution in [1.82, 2.24) is 0 Å². The summed E-state index contributed by atoms with van der Waals surface area (Å²) in [4.78, 5) is 34.6. The SMILES string of the molecule is NC(=O)c1ccsc1NC(=O)COC(=O)c1cc(Br)ccc1F. The number of carbonyl (C=O) groups is 3. The summed E-state index contributed by atoms with van der Waals surface area (Å²) in [7, 11) is 0. The molecule has 0 saturated heterocycles. The molecule has 6 nitrogen and oxygen atoms in total. The van der Waals surface area contributed by atoms with Crippen molar-refractivity contribution in [3.05, 3.63) is 51.1 Å². The molecule has 0 spiro atoms. The lowest BCUT2D eigenvalue weighted by molar-refractivity contribution is -0.119. The van der Waals surface area contributed by atoms with E-state index in [1.807, 2.05) is 0 Å². The number of primary amides is 1. The summed E-state index contributed by atoms with van der Waals surface area (Å²) in [5.41, 5.74) is 5.02. The molecule has 0 aliphatic carbocycles. The van der Waals surface area contributed by atoms with Gasteiger partial charge in [-0.1, -0.05) is 15.9 Å². The second kappa shape index (κ2) is 7.34. The Hall–Kier alpha value is -2.26. The molecule has 0 bridgehead atoms. The number of hydrogen-bond acceptors (Lipinski definition) is 5. The van der Waals surface area contributed by atoms with E-state index in [2.05, 4.69) is 21.2 Å². The average Bonchev–Trinajstić information content (AvgIpc) is 2.95. The van der Waals surface area contributed by atoms with Crippen LogP contribution in [0.1, 0.15) is 20.7 Å². The van der Waals surface area contributed by atoms with Crippen molar-refractivity contribution in [3.8, 4) is 0 Å². The van der Waals surface area contributed by atoms with Crippen LogP contribution in [0.25, 0.3) is 0 Å². The van der Waals surface area contributed by atoms with Crippen molar-refractivity contribution in [2.75, 3.05) is 11.9 Å². The summed E-state index contributed by atoms with van der Waals surface area (Å²) in [5.74, 6) is -3.08. The third kappa shape index (κ3) is 4.36. The number of benzene rings is 1. The fourth-order valence-electron chi connectivity index (χ4n) is 1.63. The van der Waals surface area contributed by atoms with Gasteiger partial charge in [-0.3, -0.25) is 9.59 Å². The zero-order valence-corrected chi connectivity index (χ0v) is 13.9. The zero-order valence-electron chi connectivity index (χ0n) is 11.5. The molecule has 0 aliphatic rings. The van der Waals surface area contributed by atoms with Gasteiger partial charge < -0.3 is 15.8 Å². The Morgan fingerprint density at radius 3 is 2.70 bits per heavy atom. The summed E-state index contributed by atoms with van der Waals surface area (Å²) < 4.78 is 18.8. The summed E-state index contributed by atoms with van der Waals surface area (Å²) in [6, 6.07) is 5.25. The highest BCUT2D eigenvalue weighted by atomic mass is 79.9. The first-order chi connectivity index (χ1) is 10.9. The van der Waals surface area contributed by atoms with Crippen molar-refractivity contribution >= 4 is 50.1 Å². The number of halogens is 2. The van der Waals surface area contributed by atoms with E-state index in [-0.39, 0.29) is 16.1 Å². The minimum absolute atomic E-state index is 0.160. The molecule has 3 N–H and O–H groups in total. The first kappa shape index (κ1) is 17.1. The maximum absolute atomic E-state index is 13.5. The summed E-state index contributed by atoms with van der Waals surface area (Å²) >= 11 is 4.21. The molecule has 1 aromatic carbocycles. The van der Waals surface area contributed by atoms with Crippen molar-refractivity contribution in [2.45, 2.75) is 0 Å². The van der Waals surface area contributed by atoms with Crippen molar-refractivity contribution in [1.29, 1.82) is 0 Å². The summed E-state index contributed by atoms with van der Waals surface area (Å²) in [6.07, 6.45) is 0. The van der Waals surface area contributed by atoms with Crippen LogP contribution in [0.15, 0.2) is 34.1 Å². The van der Waals surface area contributed by atoms with E-state index in [4.69, 9.17) is 10.5 Å². The second-order valence-corrected chi connectivity index (χ2v) is 6.11. The number of hydrogen-bond donors (Lipinski definition) is 2. The van der Waals surface area contributed by atoms with Crippen LogP contribution in [0.4, 0.5) is 9.39 Å². The first-order valence-electron chi connectivity index (χ1n) is 6.18. The Kier molecular flexibility index (Phi) is 5.45. The highest BCUT2D eigenvalue weighted by Gasteiger charge is 2.17. The highest BCUT2D eigenvalue weighted by Crippen LogP contribution is 2.22. The summed E-state index contributed by atoms with van der Waals surface area (Å²) in [5, 5.41) is 4.24. The van der Waals surface area contributed by atoms with Crippen LogP contribution >= 0.6 is 27.3 Å². The van der Waals surface area contributed by atoms with Gasteiger partial charge in [0.05, 0.1) is 11.1 Å². The van der Waals surface area contributed by atoms with E-state index in [0.717, 1.165) is 17.4 Å². The van der Waals surface area contributed by atoms with Crippen LogP contribution in [0, 0.1) is 5.82 Å². The molecular formula is C14H10BrFN2O4S. The molecule has 2 amide bonds. The number of anilines is 1. The lowest BCUT2D eigenvalue weighted by atomic mass is 10.2. The largest absolute Gasteiger partial charge is 0.452 e. The van der Waals surface area contributed by atoms with Crippen LogP contribution in [0.2, 0.25) is 0 Å². The number of esters is 1. The van der Waals surface area contributed by atoms with E-state index in [0.29, 0.717) is 4.47 Å². The third-order valence-corrected chi connectivity index (χ3v) is 3.99. The van der Waals surface area contributed by atoms with Crippen LogP contribution in [0.3, 0.4) is 0 Å². The van der Waals surface area contributed by atoms with E-state index in [9.17, 15) is 18.8 Å². The number of nitrogens with two attached hydrogens (primary N) is 1. The number of ether oxygens (including phenoxy) is 1. The topological polar surface area (TPSA) is 98.5 Å². The molecule has 2 rings (SSSR count). The molecule has 2 aromatic rings. The fraction of sp³-hybridized carbons (Fsp3) is 0.0714. The quantitative estimate of drug-likeness (QED) is 0.753. The fourth-order valence-corrected chi connectivity index (χ4v) is 2.80. The molecule has 0 fully saturated rings. The molecule has 0 atom stereocenters. The maximum Gasteiger partial charge on any atom is 0.341 e. The van der Waals surface area contributed by atoms with Crippen molar-refractivity contribution in [2.24, 2.45) is 5.73 Å². The number of rotatable bonds is 5. The minimum atomic E-state index is -0.972. The lowest BCUT2D eigenvalue weighted by Crippen LogP contribution is -2.22. The van der Waals surface area contributed by atoms with Crippen LogP contribution in [-0.2, 0) is 9.53 Å². The predicted molar refractivity (Wildman–Crippen MR) is 85.8 cm³/mol. The van der Waals surface area contributed by atoms with Crippen LogP contribution < -0.4 is 11.1 Å². The molecule has 23 heavy (non-hydrogen) atoms. The Morgan fingerprint density at radius 1 is 1.26 bits per heavy atom. The molecule has 9 heteroatoms. The molecule has 0 aliphatic heterocycles. The van der Waals surface area contributed by atoms with Crippen LogP contribution in [-0.4, -0.2) is 24.4 Å². The predicted octanol–water partition coefficient (Wildman–Crippen LogP) is 2.54. The molecule has 0 radical (unpaired) electrons. The van der Waals surface area contributed by atoms with Gasteiger partial charge >= 0.3 is 5.97 Å². The molecule has 1 aromatic heterocycles. The van der Waals surface area contributed by atoms with E-state index in [1.54, 1.807) is 5.38 Å². The van der Waals surface area contributed by atoms with Gasteiger partial charge in [0.25, 0.3) is 11.8 Å². The standard InChI is InChI=1S/C14H10BrFN2O4S/c15-7-1-2-10(16)9(5-7)14(21)22-6-11(19)18-13-8(12(17)20)3-4-23-13/h1-5H,6H2,(H2,17,20)(H,18,19). The van der Waals surface area contributed by atoms with Gasteiger partial charge in [-0.25, -0.2) is 9.18 Å².